The number of anilines is 1. The van der Waals surface area contributed by atoms with Gasteiger partial charge < -0.3 is 9.84 Å². The number of nitrogens with one attached hydrogen (secondary N) is 1. The van der Waals surface area contributed by atoms with Gasteiger partial charge in [0, 0.05) is 0 Å². The number of halogens is 3. The summed E-state index contributed by atoms with van der Waals surface area (Å²) in [5.41, 5.74) is -0.223. The van der Waals surface area contributed by atoms with Gasteiger partial charge in [-0.05, 0) is 36.8 Å². The number of rotatable bonds is 7. The molecule has 0 bridgehead atoms. The molecule has 2 aromatic rings. The van der Waals surface area contributed by atoms with Crippen LogP contribution in [0.1, 0.15) is 16.7 Å². The van der Waals surface area contributed by atoms with Gasteiger partial charge in [-0.1, -0.05) is 29.8 Å². The van der Waals surface area contributed by atoms with Crippen molar-refractivity contribution in [3.05, 3.63) is 64.6 Å². The Bertz CT molecular complexity index is 907. The largest absolute Gasteiger partial charge is 0.491 e. The normalized spacial score (nSPS) is 12.3. The van der Waals surface area contributed by atoms with Crippen molar-refractivity contribution in [1.29, 1.82) is 0 Å². The number of hydrogen-bond acceptors (Lipinski definition) is 4. The molecule has 0 atom stereocenters. The molecule has 0 fully saturated rings. The summed E-state index contributed by atoms with van der Waals surface area (Å²) in [6.07, 6.45) is -3.51. The summed E-state index contributed by atoms with van der Waals surface area (Å²) in [6, 6.07) is 9.78. The summed E-state index contributed by atoms with van der Waals surface area (Å²) >= 11 is 0. The van der Waals surface area contributed by atoms with Gasteiger partial charge in [0.25, 0.3) is 10.0 Å². The van der Waals surface area contributed by atoms with E-state index in [9.17, 15) is 21.6 Å². The topological polar surface area (TPSA) is 75.6 Å². The first-order valence-electron chi connectivity index (χ1n) is 7.83. The van der Waals surface area contributed by atoms with Crippen LogP contribution in [0.15, 0.2) is 47.9 Å². The van der Waals surface area contributed by atoms with E-state index in [-0.39, 0.29) is 19.0 Å². The first-order chi connectivity index (χ1) is 12.6. The number of hydrogen-bond donors (Lipinski definition) is 2. The minimum atomic E-state index is -4.79. The Balaban J connectivity index is 2.27. The fourth-order valence-electron chi connectivity index (χ4n) is 2.13. The highest BCUT2D eigenvalue weighted by molar-refractivity contribution is 7.95. The Labute approximate surface area is 155 Å². The van der Waals surface area contributed by atoms with E-state index < -0.39 is 27.5 Å². The SMILES string of the molecule is Cc1ccc(/C=C\S(=O)(=O)Nc2ccc(OCCO)cc2C(F)(F)F)cc1. The standard InChI is InChI=1S/C18H18F3NO4S/c1-13-2-4-14(5-3-13)8-11-27(24,25)22-17-7-6-15(26-10-9-23)12-16(17)18(19,20)21/h2-8,11-12,22-23H,9-10H2,1H3/b11-8-. The van der Waals surface area contributed by atoms with E-state index in [1.165, 1.54) is 12.1 Å². The third-order valence-corrected chi connectivity index (χ3v) is 4.42. The highest BCUT2D eigenvalue weighted by Gasteiger charge is 2.35. The van der Waals surface area contributed by atoms with Gasteiger partial charge in [-0.2, -0.15) is 13.2 Å². The van der Waals surface area contributed by atoms with Crippen molar-refractivity contribution in [2.45, 2.75) is 13.1 Å². The Hall–Kier alpha value is -2.52. The zero-order valence-electron chi connectivity index (χ0n) is 14.3. The first kappa shape index (κ1) is 20.8. The number of aliphatic hydroxyl groups excluding tert-OH is 1. The maximum Gasteiger partial charge on any atom is 0.418 e. The fourth-order valence-corrected chi connectivity index (χ4v) is 3.02. The molecule has 0 spiro atoms. The van der Waals surface area contributed by atoms with Gasteiger partial charge in [0.15, 0.2) is 0 Å². The maximum atomic E-state index is 13.3. The molecule has 0 saturated heterocycles. The van der Waals surface area contributed by atoms with Crippen LogP contribution in [0.4, 0.5) is 18.9 Å². The zero-order chi connectivity index (χ0) is 20.1. The van der Waals surface area contributed by atoms with Crippen LogP contribution in [0.5, 0.6) is 5.75 Å². The van der Waals surface area contributed by atoms with E-state index in [4.69, 9.17) is 9.84 Å². The van der Waals surface area contributed by atoms with Crippen molar-refractivity contribution in [2.75, 3.05) is 17.9 Å². The Morgan fingerprint density at radius 2 is 1.81 bits per heavy atom. The predicted molar refractivity (Wildman–Crippen MR) is 96.8 cm³/mol. The second-order valence-corrected chi connectivity index (χ2v) is 7.20. The third-order valence-electron chi connectivity index (χ3n) is 3.43. The van der Waals surface area contributed by atoms with Gasteiger partial charge in [-0.15, -0.1) is 0 Å². The molecule has 0 aromatic heterocycles. The van der Waals surface area contributed by atoms with Gasteiger partial charge in [0.05, 0.1) is 23.3 Å². The molecule has 0 unspecified atom stereocenters. The van der Waals surface area contributed by atoms with Crippen LogP contribution in [0, 0.1) is 6.92 Å². The van der Waals surface area contributed by atoms with Crippen molar-refractivity contribution in [1.82, 2.24) is 0 Å². The molecule has 0 aliphatic carbocycles. The van der Waals surface area contributed by atoms with Gasteiger partial charge in [0.2, 0.25) is 0 Å². The summed E-state index contributed by atoms with van der Waals surface area (Å²) in [5.74, 6) is -0.130. The first-order valence-corrected chi connectivity index (χ1v) is 9.38. The second kappa shape index (κ2) is 8.45. The number of sulfonamides is 1. The van der Waals surface area contributed by atoms with Gasteiger partial charge in [-0.3, -0.25) is 4.72 Å². The highest BCUT2D eigenvalue weighted by Crippen LogP contribution is 2.37. The summed E-state index contributed by atoms with van der Waals surface area (Å²) in [5, 5.41) is 9.49. The van der Waals surface area contributed by atoms with Crippen molar-refractivity contribution in [3.63, 3.8) is 0 Å². The van der Waals surface area contributed by atoms with Crippen LogP contribution in [0.25, 0.3) is 6.08 Å². The molecule has 0 amide bonds. The molecule has 2 N–H and O–H groups in total. The van der Waals surface area contributed by atoms with E-state index in [2.05, 4.69) is 0 Å². The fraction of sp³-hybridized carbons (Fsp3) is 0.222. The third kappa shape index (κ3) is 6.30. The van der Waals surface area contributed by atoms with Crippen molar-refractivity contribution in [3.8, 4) is 5.75 Å². The lowest BCUT2D eigenvalue weighted by molar-refractivity contribution is -0.137. The van der Waals surface area contributed by atoms with E-state index in [1.54, 1.807) is 24.3 Å². The molecule has 146 valence electrons. The Morgan fingerprint density at radius 3 is 2.41 bits per heavy atom. The highest BCUT2D eigenvalue weighted by atomic mass is 32.2. The van der Waals surface area contributed by atoms with Gasteiger partial charge >= 0.3 is 6.18 Å². The van der Waals surface area contributed by atoms with E-state index in [1.807, 2.05) is 11.6 Å². The number of benzene rings is 2. The van der Waals surface area contributed by atoms with Crippen LogP contribution in [0.2, 0.25) is 0 Å². The van der Waals surface area contributed by atoms with Crippen molar-refractivity contribution < 1.29 is 31.4 Å². The van der Waals surface area contributed by atoms with Crippen LogP contribution in [-0.4, -0.2) is 26.7 Å². The number of ether oxygens (including phenoxy) is 1. The van der Waals surface area contributed by atoms with Crippen molar-refractivity contribution >= 4 is 21.8 Å². The van der Waals surface area contributed by atoms with E-state index in [0.717, 1.165) is 17.0 Å². The van der Waals surface area contributed by atoms with E-state index in [0.29, 0.717) is 11.6 Å². The number of alkyl halides is 3. The lowest BCUT2D eigenvalue weighted by atomic mass is 10.1. The molecular weight excluding hydrogens is 383 g/mol. The molecule has 2 rings (SSSR count). The van der Waals surface area contributed by atoms with Gasteiger partial charge in [0.1, 0.15) is 12.4 Å². The summed E-state index contributed by atoms with van der Waals surface area (Å²) in [6.45, 7) is 1.33. The second-order valence-electron chi connectivity index (χ2n) is 5.64. The summed E-state index contributed by atoms with van der Waals surface area (Å²) in [4.78, 5) is 0. The molecule has 0 radical (unpaired) electrons. The molecule has 5 nitrogen and oxygen atoms in total. The lowest BCUT2D eigenvalue weighted by Gasteiger charge is -2.15. The lowest BCUT2D eigenvalue weighted by Crippen LogP contribution is -2.15. The molecular formula is C18H18F3NO4S. The van der Waals surface area contributed by atoms with E-state index >= 15 is 0 Å². The average molecular weight is 401 g/mol. The number of aliphatic hydroxyl groups is 1. The minimum Gasteiger partial charge on any atom is -0.491 e. The Kier molecular flexibility index (Phi) is 6.50. The monoisotopic (exact) mass is 401 g/mol. The quantitative estimate of drug-likeness (QED) is 0.740. The molecule has 0 aliphatic heterocycles. The van der Waals surface area contributed by atoms with Crippen LogP contribution >= 0.6 is 0 Å². The van der Waals surface area contributed by atoms with Gasteiger partial charge in [-0.25, -0.2) is 8.42 Å². The minimum absolute atomic E-state index is 0.130. The smallest absolute Gasteiger partial charge is 0.418 e. The number of aryl methyl sites for hydroxylation is 1. The Morgan fingerprint density at radius 1 is 1.15 bits per heavy atom. The molecule has 9 heteroatoms. The zero-order valence-corrected chi connectivity index (χ0v) is 15.1. The van der Waals surface area contributed by atoms with Crippen LogP contribution in [-0.2, 0) is 16.2 Å². The van der Waals surface area contributed by atoms with Crippen LogP contribution < -0.4 is 9.46 Å². The average Bonchev–Trinajstić information content (AvgIpc) is 2.59. The van der Waals surface area contributed by atoms with Crippen LogP contribution in [0.3, 0.4) is 0 Å². The molecule has 0 heterocycles. The summed E-state index contributed by atoms with van der Waals surface area (Å²) < 4.78 is 70.9. The van der Waals surface area contributed by atoms with Crippen molar-refractivity contribution in [2.24, 2.45) is 0 Å². The summed E-state index contributed by atoms with van der Waals surface area (Å²) in [7, 11) is -4.17. The molecule has 2 aromatic carbocycles. The predicted octanol–water partition coefficient (Wildman–Crippen LogP) is 3.80. The molecule has 0 aliphatic rings. The maximum absolute atomic E-state index is 13.3. The molecule has 27 heavy (non-hydrogen) atoms. The molecule has 0 saturated carbocycles.